The summed E-state index contributed by atoms with van der Waals surface area (Å²) in [6.07, 6.45) is -3.61. The maximum Gasteiger partial charge on any atom is 0.459 e. The molecule has 6 atom stereocenters. The molecule has 2 aromatic heterocycles. The third-order valence-corrected chi connectivity index (χ3v) is 7.86. The lowest BCUT2D eigenvalue weighted by atomic mass is 9.97. The van der Waals surface area contributed by atoms with Crippen molar-refractivity contribution in [2.24, 2.45) is 0 Å². The monoisotopic (exact) mass is 614 g/mol. The van der Waals surface area contributed by atoms with Crippen LogP contribution in [0.15, 0.2) is 36.7 Å². The Balaban J connectivity index is 1.61. The molecule has 1 saturated heterocycles. The first-order valence-electron chi connectivity index (χ1n) is 12.9. The zero-order valence-corrected chi connectivity index (χ0v) is 24.5. The van der Waals surface area contributed by atoms with E-state index >= 15 is 8.78 Å². The highest BCUT2D eigenvalue weighted by Crippen LogP contribution is 2.52. The molecule has 0 bridgehead atoms. The summed E-state index contributed by atoms with van der Waals surface area (Å²) in [6, 6.07) is 6.51. The van der Waals surface area contributed by atoms with Gasteiger partial charge in [-0.1, -0.05) is 18.2 Å². The predicted molar refractivity (Wildman–Crippen MR) is 144 cm³/mol. The Hall–Kier alpha value is -3.27. The van der Waals surface area contributed by atoms with Crippen LogP contribution >= 0.6 is 7.75 Å². The third kappa shape index (κ3) is 6.53. The van der Waals surface area contributed by atoms with Gasteiger partial charge < -0.3 is 29.6 Å². The van der Waals surface area contributed by atoms with Crippen LogP contribution in [0.4, 0.5) is 14.7 Å². The molecule has 0 radical (unpaired) electrons. The van der Waals surface area contributed by atoms with Crippen LogP contribution in [0, 0.1) is 0 Å². The fourth-order valence-corrected chi connectivity index (χ4v) is 5.78. The Labute approximate surface area is 240 Å². The van der Waals surface area contributed by atoms with E-state index in [2.05, 4.69) is 20.0 Å². The summed E-state index contributed by atoms with van der Waals surface area (Å²) >= 11 is 0. The Bertz CT molecular complexity index is 1460. The molecule has 0 amide bonds. The number of hydrogen-bond acceptors (Lipinski definition) is 12. The maximum atomic E-state index is 16.2. The number of carbonyl (C=O) groups is 1. The first-order valence-corrected chi connectivity index (χ1v) is 14.4. The van der Waals surface area contributed by atoms with E-state index in [1.54, 1.807) is 32.0 Å². The van der Waals surface area contributed by atoms with Crippen molar-refractivity contribution in [3.63, 3.8) is 0 Å². The lowest BCUT2D eigenvalue weighted by Crippen LogP contribution is -2.47. The molecule has 0 aliphatic carbocycles. The summed E-state index contributed by atoms with van der Waals surface area (Å²) in [6.45, 7) is 4.24. The Kier molecular flexibility index (Phi) is 9.16. The van der Waals surface area contributed by atoms with Gasteiger partial charge in [0.1, 0.15) is 23.9 Å². The number of alkyl halides is 2. The number of benzene rings is 1. The first kappa shape index (κ1) is 31.7. The molecule has 1 aliphatic heterocycles. The average molecular weight is 615 g/mol. The molecule has 0 saturated carbocycles. The molecule has 17 heteroatoms. The van der Waals surface area contributed by atoms with Gasteiger partial charge in [0.2, 0.25) is 5.95 Å². The van der Waals surface area contributed by atoms with Gasteiger partial charge in [0.15, 0.2) is 23.6 Å². The van der Waals surface area contributed by atoms with Gasteiger partial charge in [0, 0.05) is 7.11 Å². The number of carbonyl (C=O) groups excluding carboxylic acids is 1. The molecule has 14 nitrogen and oxygen atoms in total. The average Bonchev–Trinajstić information content (AvgIpc) is 3.40. The van der Waals surface area contributed by atoms with Crippen LogP contribution in [0.3, 0.4) is 0 Å². The van der Waals surface area contributed by atoms with Crippen molar-refractivity contribution >= 4 is 30.8 Å². The number of rotatable bonds is 12. The minimum Gasteiger partial charge on any atom is -0.462 e. The zero-order chi connectivity index (χ0) is 30.9. The number of aliphatic hydroxyl groups is 1. The van der Waals surface area contributed by atoms with Gasteiger partial charge in [0.25, 0.3) is 5.85 Å². The number of nitrogen functional groups attached to an aromatic ring is 1. The molecule has 230 valence electrons. The number of halogens is 2. The molecule has 2 unspecified atom stereocenters. The highest BCUT2D eigenvalue weighted by Gasteiger charge is 2.65. The van der Waals surface area contributed by atoms with Gasteiger partial charge in [-0.2, -0.15) is 10.1 Å². The summed E-state index contributed by atoms with van der Waals surface area (Å²) in [5.74, 6) is -4.16. The van der Waals surface area contributed by atoms with Crippen molar-refractivity contribution in [1.29, 1.82) is 0 Å². The number of aliphatic hydroxyl groups excluding tert-OH is 1. The number of fused-ring (bicyclic) bond motifs is 1. The molecular weight excluding hydrogens is 581 g/mol. The second-order valence-corrected chi connectivity index (χ2v) is 11.8. The van der Waals surface area contributed by atoms with E-state index in [1.165, 1.54) is 26.2 Å². The summed E-state index contributed by atoms with van der Waals surface area (Å²) in [7, 11) is -3.15. The number of anilines is 1. The largest absolute Gasteiger partial charge is 0.462 e. The maximum absolute atomic E-state index is 16.2. The van der Waals surface area contributed by atoms with Crippen molar-refractivity contribution in [2.45, 2.75) is 70.3 Å². The van der Waals surface area contributed by atoms with Gasteiger partial charge in [-0.05, 0) is 39.8 Å². The highest BCUT2D eigenvalue weighted by molar-refractivity contribution is 7.52. The van der Waals surface area contributed by atoms with Crippen molar-refractivity contribution in [3.05, 3.63) is 42.4 Å². The van der Waals surface area contributed by atoms with Crippen LogP contribution in [-0.2, 0) is 34.7 Å². The molecule has 4 N–H and O–H groups in total. The minimum absolute atomic E-state index is 0.00182. The summed E-state index contributed by atoms with van der Waals surface area (Å²) in [4.78, 5) is 24.7. The number of imidazole rings is 1. The van der Waals surface area contributed by atoms with E-state index in [-0.39, 0.29) is 29.5 Å². The number of methoxy groups -OCH3 is 1. The van der Waals surface area contributed by atoms with E-state index in [9.17, 15) is 14.5 Å². The molecule has 1 aliphatic rings. The lowest BCUT2D eigenvalue weighted by molar-refractivity contribution is -0.202. The van der Waals surface area contributed by atoms with Crippen LogP contribution in [0.2, 0.25) is 0 Å². The van der Waals surface area contributed by atoms with E-state index in [0.717, 1.165) is 17.8 Å². The molecule has 4 rings (SSSR count). The standard InChI is InChI=1S/C25H33F2N6O8P/c1-14(2)39-20(34)15(3)32-42(36,41-16-9-7-6-8-10-16)38-12-25(27)21(35)24(4,26)22(40-25)33-13-29-18-17(11-37-5)30-23(28)31-19(18)33/h6-10,13-15,21-22,35H,11-12H2,1-5H3,(H,32,36)(H2,28,30,31)/t15?,21-,22+,24+,25+,42?/m0/s1. The van der Waals surface area contributed by atoms with Gasteiger partial charge in [-0.25, -0.2) is 23.3 Å². The van der Waals surface area contributed by atoms with Gasteiger partial charge in [-0.3, -0.25) is 13.9 Å². The number of ether oxygens (including phenoxy) is 3. The van der Waals surface area contributed by atoms with Crippen molar-refractivity contribution in [1.82, 2.24) is 24.6 Å². The molecule has 3 heterocycles. The number of esters is 1. The number of hydrogen-bond donors (Lipinski definition) is 3. The van der Waals surface area contributed by atoms with E-state index < -0.39 is 56.3 Å². The van der Waals surface area contributed by atoms with E-state index in [4.69, 9.17) is 29.0 Å². The van der Waals surface area contributed by atoms with Crippen molar-refractivity contribution in [2.75, 3.05) is 19.5 Å². The van der Waals surface area contributed by atoms with Crippen molar-refractivity contribution < 1.29 is 46.5 Å². The topological polar surface area (TPSA) is 182 Å². The third-order valence-electron chi connectivity index (χ3n) is 6.24. The van der Waals surface area contributed by atoms with Crippen LogP contribution in [0.1, 0.15) is 39.6 Å². The normalized spacial score (nSPS) is 26.3. The van der Waals surface area contributed by atoms with Crippen LogP contribution in [0.5, 0.6) is 5.75 Å². The zero-order valence-electron chi connectivity index (χ0n) is 23.6. The number of nitrogens with one attached hydrogen (secondary N) is 1. The number of nitrogens with zero attached hydrogens (tertiary/aromatic N) is 4. The van der Waals surface area contributed by atoms with Crippen LogP contribution in [0.25, 0.3) is 11.2 Å². The van der Waals surface area contributed by atoms with E-state index in [0.29, 0.717) is 5.69 Å². The number of nitrogens with two attached hydrogens (primary N) is 1. The smallest absolute Gasteiger partial charge is 0.459 e. The van der Waals surface area contributed by atoms with Crippen LogP contribution < -0.4 is 15.3 Å². The van der Waals surface area contributed by atoms with Crippen LogP contribution in [-0.4, -0.2) is 74.1 Å². The fraction of sp³-hybridized carbons (Fsp3) is 0.520. The molecule has 1 aromatic carbocycles. The first-order chi connectivity index (χ1) is 19.7. The SMILES string of the molecule is COCc1nc(N)nc2c1ncn2[C@@H]1O[C@](F)(COP(=O)(NC(C)C(=O)OC(C)C)Oc2ccccc2)[C@@H](O)[C@@]1(C)F. The van der Waals surface area contributed by atoms with Gasteiger partial charge >= 0.3 is 13.7 Å². The quantitative estimate of drug-likeness (QED) is 0.200. The number of para-hydroxylation sites is 1. The molecule has 1 fully saturated rings. The highest BCUT2D eigenvalue weighted by atomic mass is 31.2. The fourth-order valence-electron chi connectivity index (χ4n) is 4.27. The Morgan fingerprint density at radius 1 is 1.26 bits per heavy atom. The lowest BCUT2D eigenvalue weighted by Gasteiger charge is -2.28. The van der Waals surface area contributed by atoms with E-state index in [1.807, 2.05) is 0 Å². The molecule has 42 heavy (non-hydrogen) atoms. The van der Waals surface area contributed by atoms with Gasteiger partial charge in [-0.15, -0.1) is 0 Å². The van der Waals surface area contributed by atoms with Crippen molar-refractivity contribution in [3.8, 4) is 5.75 Å². The molecular formula is C25H33F2N6O8P. The summed E-state index contributed by atoms with van der Waals surface area (Å²) in [5, 5.41) is 13.2. The minimum atomic E-state index is -4.57. The second kappa shape index (κ2) is 12.1. The predicted octanol–water partition coefficient (Wildman–Crippen LogP) is 2.97. The number of aromatic nitrogens is 4. The second-order valence-electron chi connectivity index (χ2n) is 10.1. The summed E-state index contributed by atoms with van der Waals surface area (Å²) in [5.41, 5.74) is 3.50. The summed E-state index contributed by atoms with van der Waals surface area (Å²) < 4.78 is 73.5. The molecule has 3 aromatic rings. The Morgan fingerprint density at radius 2 is 1.95 bits per heavy atom. The van der Waals surface area contributed by atoms with Gasteiger partial charge in [0.05, 0.1) is 24.7 Å². The Morgan fingerprint density at radius 3 is 2.60 bits per heavy atom. The molecule has 0 spiro atoms.